The van der Waals surface area contributed by atoms with Gasteiger partial charge in [0.1, 0.15) is 5.75 Å². The second kappa shape index (κ2) is 6.70. The average Bonchev–Trinajstić information content (AvgIpc) is 2.43. The molecule has 0 bridgehead atoms. The Morgan fingerprint density at radius 2 is 2.15 bits per heavy atom. The first-order valence-corrected chi connectivity index (χ1v) is 6.83. The summed E-state index contributed by atoms with van der Waals surface area (Å²) in [5.74, 6) is 6.45. The maximum atomic E-state index is 5.99. The summed E-state index contributed by atoms with van der Waals surface area (Å²) < 4.78 is 5.47. The zero-order valence-corrected chi connectivity index (χ0v) is 12.3. The molecule has 106 valence electrons. The van der Waals surface area contributed by atoms with E-state index in [0.717, 1.165) is 22.4 Å². The fraction of sp³-hybridized carbons (Fsp3) is 0.267. The van der Waals surface area contributed by atoms with E-state index in [-0.39, 0.29) is 6.04 Å². The molecular formula is C15H18ClN3O. The highest BCUT2D eigenvalue weighted by molar-refractivity contribution is 6.30. The number of nitrogens with two attached hydrogens (primary N) is 1. The summed E-state index contributed by atoms with van der Waals surface area (Å²) >= 11 is 5.99. The minimum atomic E-state index is -0.153. The molecule has 4 nitrogen and oxygen atoms in total. The van der Waals surface area contributed by atoms with Crippen LogP contribution in [0.25, 0.3) is 0 Å². The van der Waals surface area contributed by atoms with Gasteiger partial charge in [-0.15, -0.1) is 0 Å². The van der Waals surface area contributed by atoms with E-state index in [1.165, 1.54) is 0 Å². The zero-order chi connectivity index (χ0) is 14.5. The summed E-state index contributed by atoms with van der Waals surface area (Å²) in [5, 5.41) is 0.711. The lowest BCUT2D eigenvalue weighted by molar-refractivity contribution is 0.338. The smallest absolute Gasteiger partial charge is 0.137 e. The molecule has 0 fully saturated rings. The van der Waals surface area contributed by atoms with Crippen molar-refractivity contribution in [2.75, 3.05) is 6.61 Å². The van der Waals surface area contributed by atoms with E-state index in [2.05, 4.69) is 10.4 Å². The van der Waals surface area contributed by atoms with Crippen LogP contribution in [0.1, 0.15) is 29.7 Å². The Labute approximate surface area is 123 Å². The first-order chi connectivity index (χ1) is 9.65. The number of pyridine rings is 1. The Hall–Kier alpha value is -1.62. The largest absolute Gasteiger partial charge is 0.492 e. The van der Waals surface area contributed by atoms with E-state index < -0.39 is 0 Å². The third-order valence-corrected chi connectivity index (χ3v) is 3.32. The molecule has 0 amide bonds. The Balaban J connectivity index is 2.38. The van der Waals surface area contributed by atoms with Gasteiger partial charge in [0.25, 0.3) is 0 Å². The van der Waals surface area contributed by atoms with Gasteiger partial charge < -0.3 is 4.74 Å². The molecule has 5 heteroatoms. The van der Waals surface area contributed by atoms with Crippen molar-refractivity contribution in [3.8, 4) is 5.75 Å². The SMILES string of the molecule is CCOc1cncc(C(NN)c2ccc(Cl)cc2C)c1. The topological polar surface area (TPSA) is 60.2 Å². The highest BCUT2D eigenvalue weighted by atomic mass is 35.5. The molecule has 1 aromatic carbocycles. The fourth-order valence-corrected chi connectivity index (χ4v) is 2.39. The normalized spacial score (nSPS) is 12.2. The van der Waals surface area contributed by atoms with Crippen molar-refractivity contribution >= 4 is 11.6 Å². The van der Waals surface area contributed by atoms with Crippen LogP contribution in [0.5, 0.6) is 5.75 Å². The molecule has 2 aromatic rings. The zero-order valence-electron chi connectivity index (χ0n) is 11.6. The molecule has 0 aliphatic carbocycles. The van der Waals surface area contributed by atoms with E-state index in [9.17, 15) is 0 Å². The van der Waals surface area contributed by atoms with Crippen LogP contribution < -0.4 is 16.0 Å². The van der Waals surface area contributed by atoms with Crippen molar-refractivity contribution in [2.45, 2.75) is 19.9 Å². The minimum Gasteiger partial charge on any atom is -0.492 e. The fourth-order valence-electron chi connectivity index (χ4n) is 2.17. The van der Waals surface area contributed by atoms with Gasteiger partial charge in [-0.1, -0.05) is 17.7 Å². The first-order valence-electron chi connectivity index (χ1n) is 6.45. The Morgan fingerprint density at radius 3 is 2.80 bits per heavy atom. The number of hydrogen-bond donors (Lipinski definition) is 2. The van der Waals surface area contributed by atoms with Gasteiger partial charge >= 0.3 is 0 Å². The number of nitrogens with one attached hydrogen (secondary N) is 1. The molecular weight excluding hydrogens is 274 g/mol. The number of aryl methyl sites for hydroxylation is 1. The molecule has 1 atom stereocenters. The lowest BCUT2D eigenvalue weighted by Crippen LogP contribution is -2.29. The van der Waals surface area contributed by atoms with Gasteiger partial charge in [-0.05, 0) is 48.7 Å². The third-order valence-electron chi connectivity index (χ3n) is 3.09. The molecule has 20 heavy (non-hydrogen) atoms. The van der Waals surface area contributed by atoms with Gasteiger partial charge in [0.15, 0.2) is 0 Å². The highest BCUT2D eigenvalue weighted by Gasteiger charge is 2.16. The van der Waals surface area contributed by atoms with E-state index in [4.69, 9.17) is 22.2 Å². The predicted molar refractivity (Wildman–Crippen MR) is 80.8 cm³/mol. The third kappa shape index (κ3) is 3.28. The summed E-state index contributed by atoms with van der Waals surface area (Å²) in [5.41, 5.74) is 5.91. The van der Waals surface area contributed by atoms with E-state index >= 15 is 0 Å². The maximum Gasteiger partial charge on any atom is 0.137 e. The van der Waals surface area contributed by atoms with Gasteiger partial charge in [-0.25, -0.2) is 5.43 Å². The van der Waals surface area contributed by atoms with Crippen LogP contribution in [0.15, 0.2) is 36.7 Å². The quantitative estimate of drug-likeness (QED) is 0.657. The molecule has 0 saturated heterocycles. The second-order valence-electron chi connectivity index (χ2n) is 4.49. The summed E-state index contributed by atoms with van der Waals surface area (Å²) in [7, 11) is 0. The van der Waals surface area contributed by atoms with Crippen LogP contribution >= 0.6 is 11.6 Å². The Bertz CT molecular complexity index is 589. The number of halogens is 1. The van der Waals surface area contributed by atoms with Gasteiger partial charge in [0.05, 0.1) is 18.8 Å². The number of rotatable bonds is 5. The van der Waals surface area contributed by atoms with E-state index in [1.807, 2.05) is 38.1 Å². The van der Waals surface area contributed by atoms with Crippen LogP contribution in [-0.4, -0.2) is 11.6 Å². The number of hydrazine groups is 1. The van der Waals surface area contributed by atoms with Gasteiger partial charge in [0.2, 0.25) is 0 Å². The lowest BCUT2D eigenvalue weighted by Gasteiger charge is -2.19. The number of ether oxygens (including phenoxy) is 1. The molecule has 1 aromatic heterocycles. The Kier molecular flexibility index (Phi) is 4.95. The summed E-state index contributed by atoms with van der Waals surface area (Å²) in [6, 6.07) is 7.53. The summed E-state index contributed by atoms with van der Waals surface area (Å²) in [4.78, 5) is 4.20. The van der Waals surface area contributed by atoms with Gasteiger partial charge in [-0.3, -0.25) is 10.8 Å². The molecule has 0 radical (unpaired) electrons. The number of nitrogens with zero attached hydrogens (tertiary/aromatic N) is 1. The Morgan fingerprint density at radius 1 is 1.35 bits per heavy atom. The van der Waals surface area contributed by atoms with Crippen molar-refractivity contribution in [3.63, 3.8) is 0 Å². The molecule has 2 rings (SSSR count). The number of benzene rings is 1. The van der Waals surface area contributed by atoms with Crippen LogP contribution in [-0.2, 0) is 0 Å². The van der Waals surface area contributed by atoms with Crippen LogP contribution in [0.3, 0.4) is 0 Å². The van der Waals surface area contributed by atoms with Gasteiger partial charge in [-0.2, -0.15) is 0 Å². The van der Waals surface area contributed by atoms with Gasteiger partial charge in [0, 0.05) is 11.2 Å². The van der Waals surface area contributed by atoms with E-state index in [0.29, 0.717) is 11.6 Å². The minimum absolute atomic E-state index is 0.153. The molecule has 1 heterocycles. The summed E-state index contributed by atoms with van der Waals surface area (Å²) in [6.07, 6.45) is 3.47. The van der Waals surface area contributed by atoms with Crippen molar-refractivity contribution in [1.82, 2.24) is 10.4 Å². The second-order valence-corrected chi connectivity index (χ2v) is 4.92. The van der Waals surface area contributed by atoms with Crippen molar-refractivity contribution in [3.05, 3.63) is 58.4 Å². The molecule has 3 N–H and O–H groups in total. The van der Waals surface area contributed by atoms with Crippen LogP contribution in [0.4, 0.5) is 0 Å². The molecule has 0 aliphatic rings. The van der Waals surface area contributed by atoms with Crippen LogP contribution in [0, 0.1) is 6.92 Å². The summed E-state index contributed by atoms with van der Waals surface area (Å²) in [6.45, 7) is 4.55. The predicted octanol–water partition coefficient (Wildman–Crippen LogP) is 2.99. The maximum absolute atomic E-state index is 5.99. The average molecular weight is 292 g/mol. The van der Waals surface area contributed by atoms with Crippen molar-refractivity contribution < 1.29 is 4.74 Å². The molecule has 0 spiro atoms. The highest BCUT2D eigenvalue weighted by Crippen LogP contribution is 2.27. The first kappa shape index (κ1) is 14.8. The molecule has 0 saturated carbocycles. The standard InChI is InChI=1S/C15H18ClN3O/c1-3-20-13-7-11(8-18-9-13)15(19-17)14-5-4-12(16)6-10(14)2/h4-9,15,19H,3,17H2,1-2H3. The monoisotopic (exact) mass is 291 g/mol. The van der Waals surface area contributed by atoms with Crippen LogP contribution in [0.2, 0.25) is 5.02 Å². The van der Waals surface area contributed by atoms with Crippen molar-refractivity contribution in [1.29, 1.82) is 0 Å². The van der Waals surface area contributed by atoms with Crippen molar-refractivity contribution in [2.24, 2.45) is 5.84 Å². The lowest BCUT2D eigenvalue weighted by atomic mass is 9.96. The molecule has 1 unspecified atom stereocenters. The molecule has 0 aliphatic heterocycles. The number of aromatic nitrogens is 1. The van der Waals surface area contributed by atoms with E-state index in [1.54, 1.807) is 12.4 Å². The number of hydrogen-bond acceptors (Lipinski definition) is 4.